The number of aryl methyl sites for hydroxylation is 2. The summed E-state index contributed by atoms with van der Waals surface area (Å²) in [5.74, 6) is -0.931. The number of hydrogen-bond donors (Lipinski definition) is 1. The van der Waals surface area contributed by atoms with Gasteiger partial charge in [-0.3, -0.25) is 9.59 Å². The third kappa shape index (κ3) is 4.32. The van der Waals surface area contributed by atoms with Crippen LogP contribution in [0.4, 0.5) is 13.2 Å². The fourth-order valence-corrected chi connectivity index (χ4v) is 3.65. The van der Waals surface area contributed by atoms with Gasteiger partial charge in [0.25, 0.3) is 0 Å². The van der Waals surface area contributed by atoms with Gasteiger partial charge in [-0.2, -0.15) is 13.2 Å². The van der Waals surface area contributed by atoms with Crippen LogP contribution in [-0.2, 0) is 28.9 Å². The first-order chi connectivity index (χ1) is 11.8. The van der Waals surface area contributed by atoms with Crippen LogP contribution in [0.1, 0.15) is 36.0 Å². The summed E-state index contributed by atoms with van der Waals surface area (Å²) in [7, 11) is 0. The van der Waals surface area contributed by atoms with Crippen molar-refractivity contribution in [2.75, 3.05) is 13.1 Å². The molecule has 1 aromatic carbocycles. The number of nitrogens with one attached hydrogen (secondary N) is 1. The Balaban J connectivity index is 1.61. The molecule has 1 aromatic rings. The molecule has 3 rings (SSSR count). The molecule has 4 nitrogen and oxygen atoms in total. The molecule has 1 unspecified atom stereocenters. The molecule has 1 fully saturated rings. The predicted octanol–water partition coefficient (Wildman–Crippen LogP) is 2.39. The lowest BCUT2D eigenvalue weighted by Crippen LogP contribution is -2.48. The summed E-state index contributed by atoms with van der Waals surface area (Å²) in [6.07, 6.45) is -0.0372. The van der Waals surface area contributed by atoms with Gasteiger partial charge in [0.1, 0.15) is 12.6 Å². The van der Waals surface area contributed by atoms with Crippen LogP contribution in [0.2, 0.25) is 0 Å². The Morgan fingerprint density at radius 3 is 2.68 bits per heavy atom. The Labute approximate surface area is 144 Å². The maximum absolute atomic E-state index is 12.6. The van der Waals surface area contributed by atoms with Gasteiger partial charge in [0.2, 0.25) is 11.8 Å². The minimum absolute atomic E-state index is 0.177. The highest BCUT2D eigenvalue weighted by Crippen LogP contribution is 2.24. The molecule has 1 aliphatic heterocycles. The van der Waals surface area contributed by atoms with E-state index in [9.17, 15) is 22.8 Å². The van der Waals surface area contributed by atoms with Crippen molar-refractivity contribution in [1.82, 2.24) is 10.2 Å². The topological polar surface area (TPSA) is 49.4 Å². The summed E-state index contributed by atoms with van der Waals surface area (Å²) in [6.45, 7) is -0.955. The Kier molecular flexibility index (Phi) is 5.01. The van der Waals surface area contributed by atoms with E-state index in [1.807, 2.05) is 23.5 Å². The van der Waals surface area contributed by atoms with E-state index in [1.165, 1.54) is 16.0 Å². The van der Waals surface area contributed by atoms with E-state index < -0.39 is 24.7 Å². The summed E-state index contributed by atoms with van der Waals surface area (Å²) >= 11 is 0. The molecule has 0 bridgehead atoms. The molecular weight excluding hydrogens is 333 g/mol. The molecule has 1 aliphatic carbocycles. The minimum atomic E-state index is -4.45. The summed E-state index contributed by atoms with van der Waals surface area (Å²) in [5.41, 5.74) is 3.49. The molecule has 2 aliphatic rings. The molecule has 0 saturated carbocycles. The van der Waals surface area contributed by atoms with Gasteiger partial charge in [0.15, 0.2) is 0 Å². The lowest BCUT2D eigenvalue weighted by atomic mass is 10.0. The number of hydrogen-bond acceptors (Lipinski definition) is 2. The third-order valence-corrected chi connectivity index (χ3v) is 4.86. The van der Waals surface area contributed by atoms with E-state index in [-0.39, 0.29) is 12.3 Å². The largest absolute Gasteiger partial charge is 0.405 e. The van der Waals surface area contributed by atoms with Crippen LogP contribution in [0.3, 0.4) is 0 Å². The van der Waals surface area contributed by atoms with Crippen LogP contribution >= 0.6 is 0 Å². The second-order valence-corrected chi connectivity index (χ2v) is 6.71. The van der Waals surface area contributed by atoms with Crippen molar-refractivity contribution in [3.05, 3.63) is 34.9 Å². The van der Waals surface area contributed by atoms with Crippen molar-refractivity contribution in [1.29, 1.82) is 0 Å². The van der Waals surface area contributed by atoms with Gasteiger partial charge in [-0.15, -0.1) is 0 Å². The normalized spacial score (nSPS) is 19.8. The second-order valence-electron chi connectivity index (χ2n) is 6.71. The highest BCUT2D eigenvalue weighted by atomic mass is 19.4. The number of alkyl halides is 3. The quantitative estimate of drug-likeness (QED) is 0.903. The van der Waals surface area contributed by atoms with Gasteiger partial charge in [-0.05, 0) is 48.8 Å². The first-order valence-electron chi connectivity index (χ1n) is 8.58. The second kappa shape index (κ2) is 7.06. The Morgan fingerprint density at radius 2 is 1.92 bits per heavy atom. The van der Waals surface area contributed by atoms with Gasteiger partial charge >= 0.3 is 6.18 Å². The summed E-state index contributed by atoms with van der Waals surface area (Å²) in [4.78, 5) is 26.0. The minimum Gasteiger partial charge on any atom is -0.345 e. The molecule has 0 aromatic heterocycles. The van der Waals surface area contributed by atoms with E-state index in [0.29, 0.717) is 19.4 Å². The van der Waals surface area contributed by atoms with Crippen molar-refractivity contribution in [2.45, 2.75) is 50.7 Å². The summed E-state index contributed by atoms with van der Waals surface area (Å²) < 4.78 is 36.8. The zero-order valence-corrected chi connectivity index (χ0v) is 13.9. The third-order valence-electron chi connectivity index (χ3n) is 4.86. The van der Waals surface area contributed by atoms with Crippen LogP contribution in [0.15, 0.2) is 18.2 Å². The van der Waals surface area contributed by atoms with Gasteiger partial charge in [0.05, 0.1) is 6.42 Å². The lowest BCUT2D eigenvalue weighted by molar-refractivity contribution is -0.144. The van der Waals surface area contributed by atoms with Crippen molar-refractivity contribution < 1.29 is 22.8 Å². The lowest BCUT2D eigenvalue weighted by Gasteiger charge is -2.24. The Hall–Kier alpha value is -2.05. The number of amides is 2. The van der Waals surface area contributed by atoms with Gasteiger partial charge in [-0.1, -0.05) is 18.2 Å². The Morgan fingerprint density at radius 1 is 1.16 bits per heavy atom. The maximum Gasteiger partial charge on any atom is 0.405 e. The van der Waals surface area contributed by atoms with Crippen molar-refractivity contribution in [3.63, 3.8) is 0 Å². The molecule has 1 saturated heterocycles. The van der Waals surface area contributed by atoms with Crippen molar-refractivity contribution in [2.24, 2.45) is 0 Å². The molecule has 0 radical (unpaired) electrons. The number of rotatable bonds is 4. The smallest absolute Gasteiger partial charge is 0.345 e. The number of carbonyl (C=O) groups is 2. The van der Waals surface area contributed by atoms with Crippen LogP contribution < -0.4 is 5.32 Å². The SMILES string of the molecule is O=C(NCC(F)(F)F)C1CCCN1C(=O)Cc1ccc2c(c1)CCC2. The number of halogens is 3. The molecule has 136 valence electrons. The number of benzene rings is 1. The standard InChI is InChI=1S/C18H21F3N2O2/c19-18(20,21)11-22-17(25)15-5-2-8-23(15)16(24)10-12-6-7-13-3-1-4-14(13)9-12/h6-7,9,15H,1-5,8,10-11H2,(H,22,25). The van der Waals surface area contributed by atoms with Gasteiger partial charge < -0.3 is 10.2 Å². The van der Waals surface area contributed by atoms with Crippen molar-refractivity contribution >= 4 is 11.8 Å². The molecule has 7 heteroatoms. The van der Waals surface area contributed by atoms with Crippen LogP contribution in [0.25, 0.3) is 0 Å². The van der Waals surface area contributed by atoms with Crippen LogP contribution in [0, 0.1) is 0 Å². The number of carbonyl (C=O) groups excluding carboxylic acids is 2. The zero-order valence-electron chi connectivity index (χ0n) is 13.9. The highest BCUT2D eigenvalue weighted by Gasteiger charge is 2.36. The molecule has 0 spiro atoms. The summed E-state index contributed by atoms with van der Waals surface area (Å²) in [5, 5.41) is 1.89. The molecule has 1 heterocycles. The van der Waals surface area contributed by atoms with Gasteiger partial charge in [-0.25, -0.2) is 0 Å². The van der Waals surface area contributed by atoms with E-state index in [0.717, 1.165) is 24.8 Å². The number of fused-ring (bicyclic) bond motifs is 1. The number of likely N-dealkylation sites (tertiary alicyclic amines) is 1. The monoisotopic (exact) mass is 354 g/mol. The number of nitrogens with zero attached hydrogens (tertiary/aromatic N) is 1. The van der Waals surface area contributed by atoms with Gasteiger partial charge in [0, 0.05) is 6.54 Å². The van der Waals surface area contributed by atoms with E-state index in [1.54, 1.807) is 0 Å². The maximum atomic E-state index is 12.6. The van der Waals surface area contributed by atoms with Crippen LogP contribution in [0.5, 0.6) is 0 Å². The molecule has 2 amide bonds. The highest BCUT2D eigenvalue weighted by molar-refractivity contribution is 5.89. The predicted molar refractivity (Wildman–Crippen MR) is 86.0 cm³/mol. The molecule has 1 N–H and O–H groups in total. The fraction of sp³-hybridized carbons (Fsp3) is 0.556. The Bertz CT molecular complexity index is 673. The zero-order chi connectivity index (χ0) is 18.0. The molecule has 1 atom stereocenters. The fourth-order valence-electron chi connectivity index (χ4n) is 3.65. The average molecular weight is 354 g/mol. The van der Waals surface area contributed by atoms with Crippen LogP contribution in [-0.4, -0.2) is 42.0 Å². The first-order valence-corrected chi connectivity index (χ1v) is 8.58. The molecular formula is C18H21F3N2O2. The average Bonchev–Trinajstić information content (AvgIpc) is 3.20. The van der Waals surface area contributed by atoms with E-state index >= 15 is 0 Å². The first kappa shape index (κ1) is 17.8. The molecule has 25 heavy (non-hydrogen) atoms. The van der Waals surface area contributed by atoms with E-state index in [4.69, 9.17) is 0 Å². The summed E-state index contributed by atoms with van der Waals surface area (Å²) in [6, 6.07) is 5.21. The van der Waals surface area contributed by atoms with E-state index in [2.05, 4.69) is 0 Å². The van der Waals surface area contributed by atoms with Crippen molar-refractivity contribution in [3.8, 4) is 0 Å².